The van der Waals surface area contributed by atoms with E-state index >= 15 is 0 Å². The zero-order valence-corrected chi connectivity index (χ0v) is 18.5. The number of nitrogens with one attached hydrogen (secondary N) is 2. The lowest BCUT2D eigenvalue weighted by Gasteiger charge is -2.23. The summed E-state index contributed by atoms with van der Waals surface area (Å²) in [6.45, 7) is 5.52. The Bertz CT molecular complexity index is 1170. The first-order valence-electron chi connectivity index (χ1n) is 10.9. The number of H-pyrrole nitrogens is 1. The molecule has 3 aromatic heterocycles. The van der Waals surface area contributed by atoms with Crippen LogP contribution in [0.5, 0.6) is 0 Å². The molecule has 0 radical (unpaired) electrons. The third kappa shape index (κ3) is 4.17. The maximum absolute atomic E-state index is 12.5. The van der Waals surface area contributed by atoms with Crippen molar-refractivity contribution in [1.82, 2.24) is 19.7 Å². The fraction of sp³-hybridized carbons (Fsp3) is 0.417. The predicted octanol–water partition coefficient (Wildman–Crippen LogP) is 4.62. The Kier molecular flexibility index (Phi) is 5.76. The van der Waals surface area contributed by atoms with Crippen molar-refractivity contribution in [3.63, 3.8) is 0 Å². The Hall–Kier alpha value is -3.22. The first-order valence-corrected chi connectivity index (χ1v) is 10.9. The van der Waals surface area contributed by atoms with Gasteiger partial charge in [0.15, 0.2) is 5.78 Å². The van der Waals surface area contributed by atoms with Crippen LogP contribution in [-0.4, -0.2) is 31.2 Å². The number of carbonyl (C=O) groups is 1. The number of aromatic amines is 1. The van der Waals surface area contributed by atoms with Gasteiger partial charge in [-0.05, 0) is 56.9 Å². The molecule has 4 N–H and O–H groups in total. The number of hydrogen-bond acceptors (Lipinski definition) is 5. The summed E-state index contributed by atoms with van der Waals surface area (Å²) in [4.78, 5) is 20.4. The lowest BCUT2D eigenvalue weighted by molar-refractivity contribution is -0.112. The normalized spacial score (nSPS) is 15.8. The van der Waals surface area contributed by atoms with Crippen molar-refractivity contribution in [2.24, 2.45) is 5.73 Å². The summed E-state index contributed by atoms with van der Waals surface area (Å²) in [5.74, 6) is -0.260. The van der Waals surface area contributed by atoms with Crippen LogP contribution < -0.4 is 5.73 Å². The van der Waals surface area contributed by atoms with Crippen LogP contribution in [-0.2, 0) is 11.2 Å². The van der Waals surface area contributed by atoms with Gasteiger partial charge in [-0.25, -0.2) is 4.98 Å². The maximum atomic E-state index is 12.5. The van der Waals surface area contributed by atoms with Crippen LogP contribution in [0.1, 0.15) is 63.3 Å². The average Bonchev–Trinajstić information content (AvgIpc) is 3.35. The molecule has 31 heavy (non-hydrogen) atoms. The van der Waals surface area contributed by atoms with Gasteiger partial charge in [0.05, 0.1) is 17.9 Å². The topological polar surface area (TPSA) is 113 Å². The fourth-order valence-corrected chi connectivity index (χ4v) is 4.36. The second-order valence-electron chi connectivity index (χ2n) is 8.63. The molecule has 0 bridgehead atoms. The van der Waals surface area contributed by atoms with E-state index in [1.165, 1.54) is 37.8 Å². The second kappa shape index (κ2) is 8.49. The molecular weight excluding hydrogens is 388 g/mol. The van der Waals surface area contributed by atoms with Gasteiger partial charge in [0.25, 0.3) is 0 Å². The van der Waals surface area contributed by atoms with Crippen molar-refractivity contribution in [1.29, 1.82) is 5.41 Å². The van der Waals surface area contributed by atoms with Crippen LogP contribution in [0.2, 0.25) is 0 Å². The van der Waals surface area contributed by atoms with Gasteiger partial charge in [0.1, 0.15) is 11.4 Å². The minimum Gasteiger partial charge on any atom is -0.402 e. The van der Waals surface area contributed by atoms with Gasteiger partial charge in [-0.3, -0.25) is 14.9 Å². The third-order valence-electron chi connectivity index (χ3n) is 6.39. The number of nitrogens with two attached hydrogens (primary N) is 1. The molecule has 162 valence electrons. The van der Waals surface area contributed by atoms with Crippen molar-refractivity contribution in [3.05, 3.63) is 47.1 Å². The van der Waals surface area contributed by atoms with Crippen molar-refractivity contribution >= 4 is 22.5 Å². The third-order valence-corrected chi connectivity index (χ3v) is 6.39. The summed E-state index contributed by atoms with van der Waals surface area (Å²) < 4.78 is 2.18. The van der Waals surface area contributed by atoms with E-state index in [1.54, 1.807) is 20.0 Å². The molecule has 1 fully saturated rings. The number of nitrogens with zero attached hydrogens (tertiary/aromatic N) is 3. The van der Waals surface area contributed by atoms with Crippen LogP contribution in [0.4, 0.5) is 0 Å². The Morgan fingerprint density at radius 2 is 1.97 bits per heavy atom. The van der Waals surface area contributed by atoms with Gasteiger partial charge in [-0.15, -0.1) is 0 Å². The Balaban J connectivity index is 1.57. The molecule has 0 aromatic carbocycles. The van der Waals surface area contributed by atoms with Gasteiger partial charge >= 0.3 is 0 Å². The molecular formula is C24H30N6O. The zero-order valence-electron chi connectivity index (χ0n) is 18.5. The number of allylic oxidation sites excluding steroid dienone is 2. The second-order valence-corrected chi connectivity index (χ2v) is 8.63. The molecule has 0 aliphatic heterocycles. The molecule has 7 nitrogen and oxygen atoms in total. The summed E-state index contributed by atoms with van der Waals surface area (Å²) in [5, 5.41) is 13.7. The highest BCUT2D eigenvalue weighted by Crippen LogP contribution is 2.32. The number of Topliss-reactive ketones (excluding diaryl/α,β-unsaturated/α-hetero) is 1. The number of rotatable bonds is 6. The number of hydrogen-bond donors (Lipinski definition) is 3. The minimum atomic E-state index is -0.260. The molecule has 3 heterocycles. The molecule has 0 amide bonds. The molecule has 3 aromatic rings. The monoisotopic (exact) mass is 418 g/mol. The highest BCUT2D eigenvalue weighted by Gasteiger charge is 2.20. The van der Waals surface area contributed by atoms with Crippen molar-refractivity contribution in [3.8, 4) is 11.3 Å². The van der Waals surface area contributed by atoms with Gasteiger partial charge in [-0.1, -0.05) is 19.3 Å². The summed E-state index contributed by atoms with van der Waals surface area (Å²) in [6, 6.07) is 4.52. The lowest BCUT2D eigenvalue weighted by atomic mass is 9.95. The van der Waals surface area contributed by atoms with Gasteiger partial charge in [0, 0.05) is 35.0 Å². The van der Waals surface area contributed by atoms with E-state index in [4.69, 9.17) is 11.1 Å². The molecule has 1 aliphatic carbocycles. The summed E-state index contributed by atoms with van der Waals surface area (Å²) in [5.41, 5.74) is 11.5. The van der Waals surface area contributed by atoms with Crippen molar-refractivity contribution < 1.29 is 4.79 Å². The smallest absolute Gasteiger partial charge is 0.185 e. The van der Waals surface area contributed by atoms with Gasteiger partial charge in [0.2, 0.25) is 0 Å². The van der Waals surface area contributed by atoms with E-state index in [0.717, 1.165) is 27.9 Å². The Morgan fingerprint density at radius 3 is 2.68 bits per heavy atom. The summed E-state index contributed by atoms with van der Waals surface area (Å²) >= 11 is 0. The van der Waals surface area contributed by atoms with E-state index in [9.17, 15) is 4.79 Å². The van der Waals surface area contributed by atoms with Gasteiger partial charge < -0.3 is 10.7 Å². The molecule has 1 saturated carbocycles. The molecule has 4 rings (SSSR count). The van der Waals surface area contributed by atoms with E-state index in [2.05, 4.69) is 32.7 Å². The first kappa shape index (κ1) is 21.0. The number of aromatic nitrogens is 4. The fourth-order valence-electron chi connectivity index (χ4n) is 4.36. The van der Waals surface area contributed by atoms with E-state index in [-0.39, 0.29) is 17.9 Å². The summed E-state index contributed by atoms with van der Waals surface area (Å²) in [6.07, 6.45) is 10.0. The molecule has 0 spiro atoms. The quantitative estimate of drug-likeness (QED) is 0.507. The first-order chi connectivity index (χ1) is 14.8. The minimum absolute atomic E-state index is 0.0411. The maximum Gasteiger partial charge on any atom is 0.185 e. The van der Waals surface area contributed by atoms with Crippen LogP contribution in [0.15, 0.2) is 35.8 Å². The Labute approximate surface area is 182 Å². The van der Waals surface area contributed by atoms with E-state index < -0.39 is 0 Å². The molecule has 0 atom stereocenters. The Morgan fingerprint density at radius 1 is 1.23 bits per heavy atom. The number of fused-ring (bicyclic) bond motifs is 1. The highest BCUT2D eigenvalue weighted by atomic mass is 16.1. The largest absolute Gasteiger partial charge is 0.402 e. The molecule has 0 unspecified atom stereocenters. The van der Waals surface area contributed by atoms with Crippen molar-refractivity contribution in [2.75, 3.05) is 0 Å². The van der Waals surface area contributed by atoms with Gasteiger partial charge in [-0.2, -0.15) is 5.10 Å². The van der Waals surface area contributed by atoms with Crippen LogP contribution in [0, 0.1) is 12.3 Å². The predicted molar refractivity (Wildman–Crippen MR) is 123 cm³/mol. The lowest BCUT2D eigenvalue weighted by Crippen LogP contribution is -2.19. The molecule has 1 aliphatic rings. The molecule has 7 heteroatoms. The van der Waals surface area contributed by atoms with Crippen LogP contribution in [0.25, 0.3) is 22.3 Å². The number of carbonyl (C=O) groups excluding carboxylic acids is 1. The standard InChI is InChI=1S/C24H30N6O/c1-14(15(2)25)23(26)22(31)10-17-9-18-11-21(29-24(18)27-12-17)20-13-28-30(16(20)3)19-7-5-4-6-8-19/h9,11-13,19,26H,4-8,10,25H2,1-3H3,(H,27,29)/b15-14-,26-23?. The zero-order chi connectivity index (χ0) is 22.1. The van der Waals surface area contributed by atoms with Crippen LogP contribution >= 0.6 is 0 Å². The van der Waals surface area contributed by atoms with Crippen molar-refractivity contribution in [2.45, 2.75) is 65.3 Å². The highest BCUT2D eigenvalue weighted by molar-refractivity contribution is 6.45. The number of ketones is 1. The van der Waals surface area contributed by atoms with E-state index in [1.807, 2.05) is 12.3 Å². The molecule has 0 saturated heterocycles. The SMILES string of the molecule is C/C(N)=C(\C)C(=N)C(=O)Cc1cnc2[nH]c(-c3cnn(C4CCCCC4)c3C)cc2c1. The summed E-state index contributed by atoms with van der Waals surface area (Å²) in [7, 11) is 0. The number of pyridine rings is 1. The van der Waals surface area contributed by atoms with E-state index in [0.29, 0.717) is 17.3 Å². The average molecular weight is 419 g/mol. The van der Waals surface area contributed by atoms with Crippen LogP contribution in [0.3, 0.4) is 0 Å².